The summed E-state index contributed by atoms with van der Waals surface area (Å²) in [6.07, 6.45) is 0. The van der Waals surface area contributed by atoms with Gasteiger partial charge in [0.15, 0.2) is 11.5 Å². The van der Waals surface area contributed by atoms with Crippen LogP contribution >= 0.6 is 0 Å². The molecule has 1 aromatic carbocycles. The zero-order valence-electron chi connectivity index (χ0n) is 15.3. The number of hydrogen-bond donors (Lipinski definition) is 1. The summed E-state index contributed by atoms with van der Waals surface area (Å²) in [5.41, 5.74) is -0.230. The van der Waals surface area contributed by atoms with Crippen LogP contribution in [0.25, 0.3) is 0 Å². The molecule has 1 heterocycles. The first-order valence-electron chi connectivity index (χ1n) is 7.68. The van der Waals surface area contributed by atoms with Gasteiger partial charge in [0.1, 0.15) is 0 Å². The molecule has 0 aliphatic carbocycles. The van der Waals surface area contributed by atoms with Crippen molar-refractivity contribution in [2.24, 2.45) is 14.1 Å². The lowest BCUT2D eigenvalue weighted by atomic mass is 10.1. The molecule has 1 aromatic heterocycles. The lowest BCUT2D eigenvalue weighted by Crippen LogP contribution is -2.39. The van der Waals surface area contributed by atoms with E-state index in [1.165, 1.54) is 58.2 Å². The van der Waals surface area contributed by atoms with Crippen LogP contribution < -0.4 is 30.8 Å². The fourth-order valence-electron chi connectivity index (χ4n) is 2.43. The molecular formula is C17H21N3O6. The van der Waals surface area contributed by atoms with Gasteiger partial charge in [-0.15, -0.1) is 0 Å². The third-order valence-corrected chi connectivity index (χ3v) is 3.98. The van der Waals surface area contributed by atoms with Gasteiger partial charge in [-0.2, -0.15) is 0 Å². The van der Waals surface area contributed by atoms with Crippen molar-refractivity contribution in [1.82, 2.24) is 14.5 Å². The summed E-state index contributed by atoms with van der Waals surface area (Å²) >= 11 is 0. The van der Waals surface area contributed by atoms with Crippen molar-refractivity contribution in [3.63, 3.8) is 0 Å². The molecule has 2 aromatic rings. The highest BCUT2D eigenvalue weighted by Gasteiger charge is 2.17. The molecule has 0 unspecified atom stereocenters. The number of nitrogens with zero attached hydrogens (tertiary/aromatic N) is 2. The topological polar surface area (TPSA) is 101 Å². The Labute approximate surface area is 149 Å². The van der Waals surface area contributed by atoms with Crippen LogP contribution in [0, 0.1) is 0 Å². The molecule has 0 fully saturated rings. The van der Waals surface area contributed by atoms with E-state index >= 15 is 0 Å². The molecular weight excluding hydrogens is 342 g/mol. The van der Waals surface area contributed by atoms with Gasteiger partial charge in [-0.3, -0.25) is 18.7 Å². The Morgan fingerprint density at radius 1 is 0.962 bits per heavy atom. The average Bonchev–Trinajstić information content (AvgIpc) is 2.66. The van der Waals surface area contributed by atoms with Crippen LogP contribution in [0.5, 0.6) is 17.2 Å². The number of aromatic nitrogens is 2. The zero-order valence-corrected chi connectivity index (χ0v) is 15.3. The number of rotatable bonds is 6. The number of carbonyl (C=O) groups is 1. The van der Waals surface area contributed by atoms with E-state index in [0.29, 0.717) is 22.9 Å². The summed E-state index contributed by atoms with van der Waals surface area (Å²) in [5, 5.41) is 2.67. The molecule has 0 radical (unpaired) electrons. The van der Waals surface area contributed by atoms with Crippen LogP contribution in [0.4, 0.5) is 0 Å². The normalized spacial score (nSPS) is 10.3. The van der Waals surface area contributed by atoms with E-state index in [9.17, 15) is 14.4 Å². The molecule has 1 amide bonds. The number of ether oxygens (including phenoxy) is 3. The number of benzene rings is 1. The van der Waals surface area contributed by atoms with Crippen LogP contribution in [-0.4, -0.2) is 36.4 Å². The van der Waals surface area contributed by atoms with E-state index in [0.717, 1.165) is 4.57 Å². The molecule has 0 saturated carbocycles. The Morgan fingerprint density at radius 3 is 2.04 bits per heavy atom. The Kier molecular flexibility index (Phi) is 5.71. The highest BCUT2D eigenvalue weighted by Crippen LogP contribution is 2.38. The third kappa shape index (κ3) is 3.56. The van der Waals surface area contributed by atoms with Gasteiger partial charge < -0.3 is 19.5 Å². The smallest absolute Gasteiger partial charge is 0.330 e. The van der Waals surface area contributed by atoms with Crippen molar-refractivity contribution in [2.75, 3.05) is 21.3 Å². The van der Waals surface area contributed by atoms with Gasteiger partial charge in [0.2, 0.25) is 5.75 Å². The van der Waals surface area contributed by atoms with Gasteiger partial charge in [0.25, 0.3) is 11.5 Å². The molecule has 2 rings (SSSR count). The van der Waals surface area contributed by atoms with Gasteiger partial charge in [0.05, 0.1) is 27.9 Å². The number of nitrogens with one attached hydrogen (secondary N) is 1. The second kappa shape index (κ2) is 7.77. The predicted octanol–water partition coefficient (Wildman–Crippen LogP) is 0.0398. The SMILES string of the molecule is COc1cc(C(=O)NCc2cc(=O)n(C)c(=O)n2C)cc(OC)c1OC. The number of amides is 1. The minimum atomic E-state index is -0.463. The van der Waals surface area contributed by atoms with E-state index in [1.54, 1.807) is 0 Å². The lowest BCUT2D eigenvalue weighted by Gasteiger charge is -2.14. The van der Waals surface area contributed by atoms with E-state index < -0.39 is 17.2 Å². The Hall–Kier alpha value is -3.23. The lowest BCUT2D eigenvalue weighted by molar-refractivity contribution is 0.0949. The van der Waals surface area contributed by atoms with E-state index in [1.807, 2.05) is 0 Å². The third-order valence-electron chi connectivity index (χ3n) is 3.98. The van der Waals surface area contributed by atoms with Gasteiger partial charge in [0, 0.05) is 31.4 Å². The first kappa shape index (κ1) is 19.1. The summed E-state index contributed by atoms with van der Waals surface area (Å²) < 4.78 is 18.0. The van der Waals surface area contributed by atoms with Gasteiger partial charge in [-0.25, -0.2) is 4.79 Å². The van der Waals surface area contributed by atoms with Crippen molar-refractivity contribution >= 4 is 5.91 Å². The number of hydrogen-bond acceptors (Lipinski definition) is 6. The molecule has 9 heteroatoms. The Bertz CT molecular complexity index is 919. The largest absolute Gasteiger partial charge is 0.493 e. The second-order valence-electron chi connectivity index (χ2n) is 5.47. The Morgan fingerprint density at radius 2 is 1.54 bits per heavy atom. The molecule has 0 spiro atoms. The first-order chi connectivity index (χ1) is 12.3. The second-order valence-corrected chi connectivity index (χ2v) is 5.47. The van der Waals surface area contributed by atoms with Crippen molar-refractivity contribution in [3.8, 4) is 17.2 Å². The summed E-state index contributed by atoms with van der Waals surface area (Å²) in [7, 11) is 7.30. The molecule has 0 aliphatic heterocycles. The number of methoxy groups -OCH3 is 3. The van der Waals surface area contributed by atoms with Crippen molar-refractivity contribution < 1.29 is 19.0 Å². The molecule has 1 N–H and O–H groups in total. The molecule has 0 bridgehead atoms. The quantitative estimate of drug-likeness (QED) is 0.778. The van der Waals surface area contributed by atoms with Crippen LogP contribution in [0.15, 0.2) is 27.8 Å². The minimum Gasteiger partial charge on any atom is -0.493 e. The van der Waals surface area contributed by atoms with E-state index in [4.69, 9.17) is 14.2 Å². The van der Waals surface area contributed by atoms with E-state index in [-0.39, 0.29) is 12.1 Å². The standard InChI is InChI=1S/C17H21N3O6/c1-19-11(8-14(21)20(2)17(19)23)9-18-16(22)10-6-12(24-3)15(26-5)13(7-10)25-4/h6-8H,9H2,1-5H3,(H,18,22). The molecule has 0 saturated heterocycles. The first-order valence-corrected chi connectivity index (χ1v) is 7.68. The highest BCUT2D eigenvalue weighted by molar-refractivity contribution is 5.95. The summed E-state index contributed by atoms with van der Waals surface area (Å²) in [6.45, 7) is 0.0112. The summed E-state index contributed by atoms with van der Waals surface area (Å²) in [6, 6.07) is 4.33. The molecule has 9 nitrogen and oxygen atoms in total. The minimum absolute atomic E-state index is 0.0112. The molecule has 26 heavy (non-hydrogen) atoms. The fourth-order valence-corrected chi connectivity index (χ4v) is 2.43. The summed E-state index contributed by atoms with van der Waals surface area (Å²) in [5.74, 6) is 0.647. The molecule has 0 atom stereocenters. The monoisotopic (exact) mass is 363 g/mol. The molecule has 0 aliphatic rings. The van der Waals surface area contributed by atoms with Crippen molar-refractivity contribution in [2.45, 2.75) is 6.54 Å². The van der Waals surface area contributed by atoms with Crippen molar-refractivity contribution in [1.29, 1.82) is 0 Å². The average molecular weight is 363 g/mol. The maximum atomic E-state index is 12.5. The highest BCUT2D eigenvalue weighted by atomic mass is 16.5. The predicted molar refractivity (Wildman–Crippen MR) is 94.2 cm³/mol. The van der Waals surface area contributed by atoms with Gasteiger partial charge >= 0.3 is 5.69 Å². The number of carbonyl (C=O) groups excluding carboxylic acids is 1. The molecule has 140 valence electrons. The van der Waals surface area contributed by atoms with Gasteiger partial charge in [-0.05, 0) is 12.1 Å². The van der Waals surface area contributed by atoms with E-state index in [2.05, 4.69) is 5.32 Å². The van der Waals surface area contributed by atoms with Gasteiger partial charge in [-0.1, -0.05) is 0 Å². The van der Waals surface area contributed by atoms with Crippen LogP contribution in [-0.2, 0) is 20.6 Å². The zero-order chi connectivity index (χ0) is 19.4. The van der Waals surface area contributed by atoms with Crippen molar-refractivity contribution in [3.05, 3.63) is 50.3 Å². The van der Waals surface area contributed by atoms with Crippen LogP contribution in [0.2, 0.25) is 0 Å². The fraction of sp³-hybridized carbons (Fsp3) is 0.353. The maximum Gasteiger partial charge on any atom is 0.330 e. The summed E-state index contributed by atoms with van der Waals surface area (Å²) in [4.78, 5) is 36.2. The van der Waals surface area contributed by atoms with Crippen LogP contribution in [0.1, 0.15) is 16.1 Å². The Balaban J connectivity index is 2.29. The maximum absolute atomic E-state index is 12.5. The van der Waals surface area contributed by atoms with Crippen LogP contribution in [0.3, 0.4) is 0 Å².